The molecule has 0 amide bonds. The van der Waals surface area contributed by atoms with Gasteiger partial charge in [-0.3, -0.25) is 0 Å². The van der Waals surface area contributed by atoms with Crippen molar-refractivity contribution in [1.29, 1.82) is 0 Å². The van der Waals surface area contributed by atoms with Crippen molar-refractivity contribution in [2.24, 2.45) is 0 Å². The molecule has 0 nitrogen and oxygen atoms in total. The standard InChI is InChI=1S/C24H46/c1-3-5-7-9-11-13-15-17-19-21-23-24-22-20-18-16-14-12-10-8-6-4-2/h9,11H,1-8,10,12-24H2/b11-9+. The summed E-state index contributed by atoms with van der Waals surface area (Å²) < 4.78 is 0. The van der Waals surface area contributed by atoms with E-state index < -0.39 is 0 Å². The lowest BCUT2D eigenvalue weighted by molar-refractivity contribution is 0.531. The van der Waals surface area contributed by atoms with Crippen molar-refractivity contribution in [3.63, 3.8) is 0 Å². The Kier molecular flexibility index (Phi) is 22.5. The SMILES string of the molecule is [CH2]CCC/C=C/CCCCCCCCCCCCCCCCC[CH2]. The summed E-state index contributed by atoms with van der Waals surface area (Å²) in [5.74, 6) is 0. The summed E-state index contributed by atoms with van der Waals surface area (Å²) in [5, 5.41) is 0. The Hall–Kier alpha value is -0.260. The molecule has 0 aliphatic rings. The van der Waals surface area contributed by atoms with Crippen LogP contribution >= 0.6 is 0 Å². The molecule has 0 heteroatoms. The predicted octanol–water partition coefficient (Wildman–Crippen LogP) is 9.01. The van der Waals surface area contributed by atoms with Crippen molar-refractivity contribution in [3.05, 3.63) is 26.0 Å². The Morgan fingerprint density at radius 2 is 0.625 bits per heavy atom. The minimum atomic E-state index is 1.07. The third-order valence-electron chi connectivity index (χ3n) is 4.91. The fourth-order valence-electron chi connectivity index (χ4n) is 3.23. The van der Waals surface area contributed by atoms with Crippen LogP contribution in [0.5, 0.6) is 0 Å². The van der Waals surface area contributed by atoms with Crippen molar-refractivity contribution in [3.8, 4) is 0 Å². The van der Waals surface area contributed by atoms with Crippen molar-refractivity contribution in [1.82, 2.24) is 0 Å². The highest BCUT2D eigenvalue weighted by Gasteiger charge is 1.94. The second-order valence-corrected chi connectivity index (χ2v) is 7.41. The average molecular weight is 335 g/mol. The molecule has 0 rings (SSSR count). The molecule has 142 valence electrons. The normalized spacial score (nSPS) is 11.6. The molecule has 0 aliphatic carbocycles. The van der Waals surface area contributed by atoms with Gasteiger partial charge in [0.25, 0.3) is 0 Å². The van der Waals surface area contributed by atoms with E-state index in [4.69, 9.17) is 0 Å². The minimum Gasteiger partial charge on any atom is -0.0885 e. The zero-order chi connectivity index (χ0) is 17.6. The lowest BCUT2D eigenvalue weighted by atomic mass is 10.0. The first kappa shape index (κ1) is 23.7. The molecule has 24 heavy (non-hydrogen) atoms. The van der Waals surface area contributed by atoms with E-state index in [1.54, 1.807) is 0 Å². The van der Waals surface area contributed by atoms with E-state index in [2.05, 4.69) is 26.0 Å². The van der Waals surface area contributed by atoms with E-state index in [-0.39, 0.29) is 0 Å². The number of allylic oxidation sites excluding steroid dienone is 2. The Morgan fingerprint density at radius 1 is 0.333 bits per heavy atom. The first-order valence-corrected chi connectivity index (χ1v) is 11.1. The van der Waals surface area contributed by atoms with Gasteiger partial charge in [-0.2, -0.15) is 0 Å². The van der Waals surface area contributed by atoms with Crippen LogP contribution in [0.2, 0.25) is 0 Å². The van der Waals surface area contributed by atoms with Gasteiger partial charge in [0, 0.05) is 0 Å². The van der Waals surface area contributed by atoms with Gasteiger partial charge in [-0.05, 0) is 25.7 Å². The lowest BCUT2D eigenvalue weighted by Crippen LogP contribution is -1.83. The molecule has 0 spiro atoms. The fourth-order valence-corrected chi connectivity index (χ4v) is 3.23. The van der Waals surface area contributed by atoms with Crippen LogP contribution in [0, 0.1) is 13.8 Å². The van der Waals surface area contributed by atoms with Crippen LogP contribution in [0.4, 0.5) is 0 Å². The molecular formula is C24H46. The van der Waals surface area contributed by atoms with Gasteiger partial charge < -0.3 is 0 Å². The average Bonchev–Trinajstić information content (AvgIpc) is 2.60. The van der Waals surface area contributed by atoms with Crippen LogP contribution in [0.1, 0.15) is 128 Å². The molecule has 0 aromatic heterocycles. The van der Waals surface area contributed by atoms with Gasteiger partial charge in [0.1, 0.15) is 0 Å². The summed E-state index contributed by atoms with van der Waals surface area (Å²) in [6.45, 7) is 7.77. The topological polar surface area (TPSA) is 0 Å². The second kappa shape index (κ2) is 22.7. The molecule has 0 saturated carbocycles. The first-order valence-electron chi connectivity index (χ1n) is 11.1. The van der Waals surface area contributed by atoms with Crippen molar-refractivity contribution in [2.75, 3.05) is 0 Å². The highest BCUT2D eigenvalue weighted by atomic mass is 14.0. The molecule has 0 aromatic carbocycles. The van der Waals surface area contributed by atoms with Crippen LogP contribution in [0.3, 0.4) is 0 Å². The largest absolute Gasteiger partial charge is 0.0885 e. The van der Waals surface area contributed by atoms with Gasteiger partial charge in [0.15, 0.2) is 0 Å². The molecule has 0 aliphatic heterocycles. The molecule has 0 saturated heterocycles. The predicted molar refractivity (Wildman–Crippen MR) is 112 cm³/mol. The molecular weight excluding hydrogens is 288 g/mol. The molecule has 0 aromatic rings. The van der Waals surface area contributed by atoms with Gasteiger partial charge in [-0.25, -0.2) is 0 Å². The van der Waals surface area contributed by atoms with Gasteiger partial charge in [0.05, 0.1) is 0 Å². The Labute approximate surface area is 154 Å². The maximum absolute atomic E-state index is 3.90. The van der Waals surface area contributed by atoms with Gasteiger partial charge in [0.2, 0.25) is 0 Å². The first-order chi connectivity index (χ1) is 11.9. The second-order valence-electron chi connectivity index (χ2n) is 7.41. The highest BCUT2D eigenvalue weighted by molar-refractivity contribution is 4.81. The van der Waals surface area contributed by atoms with Crippen molar-refractivity contribution < 1.29 is 0 Å². The third-order valence-corrected chi connectivity index (χ3v) is 4.91. The van der Waals surface area contributed by atoms with E-state index >= 15 is 0 Å². The van der Waals surface area contributed by atoms with Crippen LogP contribution < -0.4 is 0 Å². The van der Waals surface area contributed by atoms with E-state index in [9.17, 15) is 0 Å². The third kappa shape index (κ3) is 21.7. The Balaban J connectivity index is 2.99. The molecule has 0 bridgehead atoms. The van der Waals surface area contributed by atoms with Crippen LogP contribution in [-0.2, 0) is 0 Å². The maximum atomic E-state index is 3.90. The monoisotopic (exact) mass is 334 g/mol. The molecule has 0 unspecified atom stereocenters. The van der Waals surface area contributed by atoms with Crippen LogP contribution in [-0.4, -0.2) is 0 Å². The van der Waals surface area contributed by atoms with Crippen molar-refractivity contribution in [2.45, 2.75) is 128 Å². The maximum Gasteiger partial charge on any atom is -0.0351 e. The summed E-state index contributed by atoms with van der Waals surface area (Å²) in [6.07, 6.45) is 32.2. The lowest BCUT2D eigenvalue weighted by Gasteiger charge is -2.03. The molecule has 0 atom stereocenters. The summed E-state index contributed by atoms with van der Waals surface area (Å²) >= 11 is 0. The van der Waals surface area contributed by atoms with Crippen molar-refractivity contribution >= 4 is 0 Å². The summed E-state index contributed by atoms with van der Waals surface area (Å²) in [5.41, 5.74) is 0. The highest BCUT2D eigenvalue weighted by Crippen LogP contribution is 2.14. The minimum absolute atomic E-state index is 1.07. The molecule has 0 N–H and O–H groups in total. The zero-order valence-corrected chi connectivity index (χ0v) is 16.7. The number of rotatable bonds is 20. The summed E-state index contributed by atoms with van der Waals surface area (Å²) in [4.78, 5) is 0. The number of hydrogen-bond acceptors (Lipinski definition) is 0. The smallest absolute Gasteiger partial charge is 0.0351 e. The molecule has 0 fully saturated rings. The fraction of sp³-hybridized carbons (Fsp3) is 0.833. The quantitative estimate of drug-likeness (QED) is 0.154. The van der Waals surface area contributed by atoms with E-state index in [0.29, 0.717) is 0 Å². The van der Waals surface area contributed by atoms with Crippen LogP contribution in [0.15, 0.2) is 12.2 Å². The van der Waals surface area contributed by atoms with Gasteiger partial charge in [-0.1, -0.05) is 129 Å². The Morgan fingerprint density at radius 3 is 1.00 bits per heavy atom. The number of unbranched alkanes of at least 4 members (excludes halogenated alkanes) is 18. The van der Waals surface area contributed by atoms with E-state index in [0.717, 1.165) is 12.8 Å². The van der Waals surface area contributed by atoms with Crippen LogP contribution in [0.25, 0.3) is 0 Å². The molecule has 0 heterocycles. The van der Waals surface area contributed by atoms with Gasteiger partial charge >= 0.3 is 0 Å². The zero-order valence-electron chi connectivity index (χ0n) is 16.7. The van der Waals surface area contributed by atoms with E-state index in [1.807, 2.05) is 0 Å². The number of hydrogen-bond donors (Lipinski definition) is 0. The Bertz CT molecular complexity index is 228. The van der Waals surface area contributed by atoms with Gasteiger partial charge in [-0.15, -0.1) is 0 Å². The summed E-state index contributed by atoms with van der Waals surface area (Å²) in [7, 11) is 0. The van der Waals surface area contributed by atoms with E-state index in [1.165, 1.54) is 116 Å². The summed E-state index contributed by atoms with van der Waals surface area (Å²) in [6, 6.07) is 0. The molecule has 2 radical (unpaired) electrons.